The van der Waals surface area contributed by atoms with E-state index >= 15 is 0 Å². The molecule has 0 aliphatic carbocycles. The Morgan fingerprint density at radius 1 is 0.882 bits per heavy atom. The maximum Gasteiger partial charge on any atom is 0.259 e. The van der Waals surface area contributed by atoms with Crippen molar-refractivity contribution in [3.8, 4) is 0 Å². The molecule has 83 valence electrons. The topological polar surface area (TPSA) is 36.4 Å². The van der Waals surface area contributed by atoms with Crippen molar-refractivity contribution in [3.05, 3.63) is 66.2 Å². The van der Waals surface area contributed by atoms with Crippen molar-refractivity contribution in [1.82, 2.24) is 0 Å². The van der Waals surface area contributed by atoms with E-state index in [1.807, 2.05) is 43.3 Å². The molecule has 1 radical (unpaired) electrons. The van der Waals surface area contributed by atoms with Gasteiger partial charge in [-0.1, -0.05) is 60.7 Å². The van der Waals surface area contributed by atoms with Crippen LogP contribution in [0, 0.1) is 0 Å². The van der Waals surface area contributed by atoms with Crippen molar-refractivity contribution in [1.29, 1.82) is 0 Å². The van der Waals surface area contributed by atoms with Gasteiger partial charge < -0.3 is 5.53 Å². The highest BCUT2D eigenvalue weighted by molar-refractivity contribution is 7.07. The molecular weight excluding hydrogens is 224 g/mol. The van der Waals surface area contributed by atoms with Crippen molar-refractivity contribution in [2.75, 3.05) is 0 Å². The van der Waals surface area contributed by atoms with Gasteiger partial charge in [-0.25, -0.2) is 0 Å². The van der Waals surface area contributed by atoms with Gasteiger partial charge in [-0.3, -0.25) is 0 Å². The standard InChI is InChI=1S/C14H13N2Si/c1-12(16-15)17(13-8-4-2-5-9-13)14-10-6-3-7-11-14/h2-11H,1H3. The zero-order valence-electron chi connectivity index (χ0n) is 9.67. The Labute approximate surface area is 103 Å². The molecule has 0 amide bonds. The average Bonchev–Trinajstić information content (AvgIpc) is 2.41. The van der Waals surface area contributed by atoms with E-state index in [1.165, 1.54) is 10.4 Å². The smallest absolute Gasteiger partial charge is 0.259 e. The van der Waals surface area contributed by atoms with Crippen LogP contribution in [0.3, 0.4) is 0 Å². The molecule has 2 aromatic carbocycles. The molecular formula is C14H13N2Si. The summed E-state index contributed by atoms with van der Waals surface area (Å²) in [7, 11) is -1.13. The maximum atomic E-state index is 9.04. The van der Waals surface area contributed by atoms with Crippen LogP contribution in [-0.4, -0.2) is 18.9 Å². The Hall–Kier alpha value is -1.96. The fraction of sp³-hybridized carbons (Fsp3) is 0.0714. The summed E-state index contributed by atoms with van der Waals surface area (Å²) in [5.41, 5.74) is 9.04. The molecule has 0 N–H and O–H groups in total. The fourth-order valence-electron chi connectivity index (χ4n) is 1.84. The lowest BCUT2D eigenvalue weighted by Crippen LogP contribution is -2.48. The SMILES string of the molecule is CC(=[N+]=[N-])[Si](c1ccccc1)c1ccccc1. The quantitative estimate of drug-likeness (QED) is 0.336. The lowest BCUT2D eigenvalue weighted by molar-refractivity contribution is -0.00139. The van der Waals surface area contributed by atoms with Crippen LogP contribution >= 0.6 is 0 Å². The van der Waals surface area contributed by atoms with Crippen LogP contribution in [0.4, 0.5) is 0 Å². The normalized spacial score (nSPS) is 10.0. The van der Waals surface area contributed by atoms with Crippen molar-refractivity contribution in [2.45, 2.75) is 6.92 Å². The molecule has 0 saturated carbocycles. The van der Waals surface area contributed by atoms with Crippen molar-refractivity contribution >= 4 is 24.5 Å². The van der Waals surface area contributed by atoms with Gasteiger partial charge >= 0.3 is 0 Å². The first-order valence-electron chi connectivity index (χ1n) is 5.49. The summed E-state index contributed by atoms with van der Waals surface area (Å²) in [6, 6.07) is 20.5. The Bertz CT molecular complexity index is 491. The largest absolute Gasteiger partial charge is 0.362 e. The summed E-state index contributed by atoms with van der Waals surface area (Å²) >= 11 is 0. The molecule has 0 unspecified atom stereocenters. The number of hydrogen-bond acceptors (Lipinski definition) is 0. The highest BCUT2D eigenvalue weighted by Crippen LogP contribution is 1.94. The van der Waals surface area contributed by atoms with E-state index in [2.05, 4.69) is 29.1 Å². The summed E-state index contributed by atoms with van der Waals surface area (Å²) in [6.07, 6.45) is 0. The van der Waals surface area contributed by atoms with Gasteiger partial charge in [-0.15, -0.1) is 0 Å². The zero-order chi connectivity index (χ0) is 12.1. The molecule has 0 spiro atoms. The van der Waals surface area contributed by atoms with Gasteiger partial charge in [-0.2, -0.15) is 4.79 Å². The second-order valence-electron chi connectivity index (χ2n) is 3.79. The molecule has 17 heavy (non-hydrogen) atoms. The minimum atomic E-state index is -1.13. The summed E-state index contributed by atoms with van der Waals surface area (Å²) in [5.74, 6) is 0. The zero-order valence-corrected chi connectivity index (χ0v) is 10.7. The van der Waals surface area contributed by atoms with Crippen LogP contribution in [0.2, 0.25) is 0 Å². The summed E-state index contributed by atoms with van der Waals surface area (Å²) in [6.45, 7) is 1.88. The molecule has 0 aliphatic rings. The maximum absolute atomic E-state index is 9.04. The molecule has 0 bridgehead atoms. The average molecular weight is 237 g/mol. The molecule has 2 rings (SSSR count). The van der Waals surface area contributed by atoms with E-state index in [-0.39, 0.29) is 0 Å². The first-order valence-corrected chi connectivity index (χ1v) is 6.99. The number of benzene rings is 2. The van der Waals surface area contributed by atoms with E-state index in [4.69, 9.17) is 5.53 Å². The van der Waals surface area contributed by atoms with Crippen LogP contribution in [0.1, 0.15) is 6.92 Å². The van der Waals surface area contributed by atoms with Crippen LogP contribution in [-0.2, 0) is 0 Å². The van der Waals surface area contributed by atoms with Gasteiger partial charge in [0.2, 0.25) is 5.33 Å². The molecule has 3 heteroatoms. The van der Waals surface area contributed by atoms with Crippen molar-refractivity contribution in [2.24, 2.45) is 0 Å². The molecule has 0 heterocycles. The Kier molecular flexibility index (Phi) is 3.65. The van der Waals surface area contributed by atoms with E-state index in [0.717, 1.165) is 5.33 Å². The van der Waals surface area contributed by atoms with E-state index in [0.29, 0.717) is 0 Å². The van der Waals surface area contributed by atoms with Crippen LogP contribution in [0.15, 0.2) is 60.7 Å². The Balaban J connectivity index is 2.51. The molecule has 0 aromatic heterocycles. The van der Waals surface area contributed by atoms with Crippen molar-refractivity contribution in [3.63, 3.8) is 0 Å². The molecule has 0 fully saturated rings. The minimum Gasteiger partial charge on any atom is -0.362 e. The minimum absolute atomic E-state index is 0.799. The summed E-state index contributed by atoms with van der Waals surface area (Å²) in [5, 5.41) is 3.27. The van der Waals surface area contributed by atoms with E-state index < -0.39 is 8.80 Å². The van der Waals surface area contributed by atoms with Crippen LogP contribution < -0.4 is 10.4 Å². The molecule has 0 atom stereocenters. The molecule has 2 aromatic rings. The van der Waals surface area contributed by atoms with Gasteiger partial charge in [0.05, 0.1) is 0 Å². The first kappa shape index (κ1) is 11.5. The predicted octanol–water partition coefficient (Wildman–Crippen LogP) is 1.53. The van der Waals surface area contributed by atoms with Crippen LogP contribution in [0.25, 0.3) is 5.53 Å². The number of nitrogens with zero attached hydrogens (tertiary/aromatic N) is 2. The lowest BCUT2D eigenvalue weighted by Gasteiger charge is -2.09. The third-order valence-electron chi connectivity index (χ3n) is 2.64. The lowest BCUT2D eigenvalue weighted by atomic mass is 10.4. The third kappa shape index (κ3) is 2.59. The van der Waals surface area contributed by atoms with Gasteiger partial charge in [0.25, 0.3) is 8.80 Å². The van der Waals surface area contributed by atoms with Gasteiger partial charge in [0.1, 0.15) is 0 Å². The van der Waals surface area contributed by atoms with E-state index in [1.54, 1.807) is 0 Å². The third-order valence-corrected chi connectivity index (χ3v) is 5.28. The second kappa shape index (κ2) is 5.39. The molecule has 2 nitrogen and oxygen atoms in total. The first-order chi connectivity index (χ1) is 8.33. The Morgan fingerprint density at radius 3 is 1.65 bits per heavy atom. The second-order valence-corrected chi connectivity index (χ2v) is 6.42. The van der Waals surface area contributed by atoms with Crippen molar-refractivity contribution < 1.29 is 4.79 Å². The highest BCUT2D eigenvalue weighted by Gasteiger charge is 2.26. The van der Waals surface area contributed by atoms with Crippen LogP contribution in [0.5, 0.6) is 0 Å². The van der Waals surface area contributed by atoms with Gasteiger partial charge in [0, 0.05) is 6.92 Å². The fourth-order valence-corrected chi connectivity index (χ4v) is 4.16. The Morgan fingerprint density at radius 2 is 1.29 bits per heavy atom. The summed E-state index contributed by atoms with van der Waals surface area (Å²) < 4.78 is 0. The van der Waals surface area contributed by atoms with Gasteiger partial charge in [0.15, 0.2) is 0 Å². The number of hydrogen-bond donors (Lipinski definition) is 0. The number of rotatable bonds is 3. The van der Waals surface area contributed by atoms with Gasteiger partial charge in [-0.05, 0) is 10.4 Å². The highest BCUT2D eigenvalue weighted by atomic mass is 28.3. The summed E-state index contributed by atoms with van der Waals surface area (Å²) in [4.78, 5) is 3.40. The molecule has 0 aliphatic heterocycles. The van der Waals surface area contributed by atoms with E-state index in [9.17, 15) is 0 Å². The molecule has 0 saturated heterocycles. The monoisotopic (exact) mass is 237 g/mol. The predicted molar refractivity (Wildman–Crippen MR) is 72.2 cm³/mol.